The predicted octanol–water partition coefficient (Wildman–Crippen LogP) is -0.350. The maximum atomic E-state index is 9.51. The van der Waals surface area contributed by atoms with Gasteiger partial charge in [0.2, 0.25) is 0 Å². The molecule has 1 atom stereocenters. The van der Waals surface area contributed by atoms with Gasteiger partial charge < -0.3 is 29.6 Å². The van der Waals surface area contributed by atoms with E-state index in [1.54, 1.807) is 0 Å². The van der Waals surface area contributed by atoms with Crippen molar-refractivity contribution in [1.82, 2.24) is 0 Å². The number of ether oxygens (including phenoxy) is 2. The number of rotatable bonds is 10. The van der Waals surface area contributed by atoms with Gasteiger partial charge in [-0.1, -0.05) is 33.1 Å². The average molecular weight is 324 g/mol. The number of methoxy groups -OCH3 is 1. The molecular formula is C15H26B2O6. The molecule has 8 heteroatoms. The van der Waals surface area contributed by atoms with Crippen LogP contribution in [0.2, 0.25) is 0 Å². The average Bonchev–Trinajstić information content (AvgIpc) is 2.53. The van der Waals surface area contributed by atoms with Crippen LogP contribution in [0.1, 0.15) is 39.5 Å². The highest BCUT2D eigenvalue weighted by Crippen LogP contribution is 2.18. The monoisotopic (exact) mass is 324 g/mol. The number of benzene rings is 1. The second-order valence-electron chi connectivity index (χ2n) is 5.61. The summed E-state index contributed by atoms with van der Waals surface area (Å²) in [6.45, 7) is 4.65. The predicted molar refractivity (Wildman–Crippen MR) is 91.4 cm³/mol. The van der Waals surface area contributed by atoms with Gasteiger partial charge in [-0.3, -0.25) is 0 Å². The first-order valence-corrected chi connectivity index (χ1v) is 8.01. The Morgan fingerprint density at radius 3 is 2.04 bits per heavy atom. The minimum Gasteiger partial charge on any atom is -0.497 e. The zero-order valence-corrected chi connectivity index (χ0v) is 14.0. The minimum atomic E-state index is -1.74. The summed E-state index contributed by atoms with van der Waals surface area (Å²) < 4.78 is 10.8. The van der Waals surface area contributed by atoms with Crippen molar-refractivity contribution >= 4 is 25.2 Å². The van der Waals surface area contributed by atoms with Crippen LogP contribution in [0.15, 0.2) is 12.1 Å². The van der Waals surface area contributed by atoms with Gasteiger partial charge >= 0.3 is 14.2 Å². The molecule has 4 N–H and O–H groups in total. The smallest absolute Gasteiger partial charge is 0.492 e. The van der Waals surface area contributed by atoms with Crippen molar-refractivity contribution in [1.29, 1.82) is 0 Å². The van der Waals surface area contributed by atoms with Gasteiger partial charge in [-0.15, -0.1) is 0 Å². The third-order valence-electron chi connectivity index (χ3n) is 3.94. The lowest BCUT2D eigenvalue weighted by atomic mass is 9.73. The highest BCUT2D eigenvalue weighted by atomic mass is 16.5. The third kappa shape index (κ3) is 5.73. The zero-order chi connectivity index (χ0) is 17.4. The van der Waals surface area contributed by atoms with Crippen molar-refractivity contribution in [3.63, 3.8) is 0 Å². The van der Waals surface area contributed by atoms with Crippen LogP contribution in [0, 0.1) is 5.92 Å². The Balaban J connectivity index is 3.00. The molecule has 0 amide bonds. The van der Waals surface area contributed by atoms with E-state index in [4.69, 9.17) is 9.47 Å². The molecule has 6 nitrogen and oxygen atoms in total. The second-order valence-corrected chi connectivity index (χ2v) is 5.61. The largest absolute Gasteiger partial charge is 0.497 e. The van der Waals surface area contributed by atoms with Crippen LogP contribution in [0.25, 0.3) is 0 Å². The molecule has 0 saturated heterocycles. The summed E-state index contributed by atoms with van der Waals surface area (Å²) in [5.41, 5.74) is 0.255. The lowest BCUT2D eigenvalue weighted by Gasteiger charge is -2.19. The molecule has 0 aliphatic carbocycles. The first kappa shape index (κ1) is 19.8. The summed E-state index contributed by atoms with van der Waals surface area (Å²) >= 11 is 0. The van der Waals surface area contributed by atoms with E-state index >= 15 is 0 Å². The molecule has 0 aromatic heterocycles. The van der Waals surface area contributed by atoms with Crippen molar-refractivity contribution in [3.05, 3.63) is 12.1 Å². The molecule has 0 radical (unpaired) electrons. The number of unbranched alkanes of at least 4 members (excludes halogenated alkanes) is 1. The number of hydrogen-bond acceptors (Lipinski definition) is 6. The van der Waals surface area contributed by atoms with Crippen molar-refractivity contribution in [2.75, 3.05) is 13.7 Å². The molecule has 0 aliphatic heterocycles. The van der Waals surface area contributed by atoms with Crippen molar-refractivity contribution < 1.29 is 29.6 Å². The molecule has 1 aromatic rings. The first-order chi connectivity index (χ1) is 10.9. The molecule has 0 heterocycles. The molecule has 0 saturated carbocycles. The minimum absolute atomic E-state index is 0.119. The summed E-state index contributed by atoms with van der Waals surface area (Å²) in [6, 6.07) is 2.73. The van der Waals surface area contributed by atoms with Gasteiger partial charge in [0.15, 0.2) is 0 Å². The van der Waals surface area contributed by atoms with Gasteiger partial charge in [0.1, 0.15) is 11.5 Å². The summed E-state index contributed by atoms with van der Waals surface area (Å²) in [5, 5.41) is 37.9. The van der Waals surface area contributed by atoms with Crippen LogP contribution in [0.4, 0.5) is 0 Å². The fourth-order valence-electron chi connectivity index (χ4n) is 2.40. The molecule has 1 aromatic carbocycles. The molecule has 0 spiro atoms. The van der Waals surface area contributed by atoms with Crippen LogP contribution >= 0.6 is 0 Å². The molecular weight excluding hydrogens is 298 g/mol. The summed E-state index contributed by atoms with van der Waals surface area (Å²) in [7, 11) is -2.11. The molecule has 1 rings (SSSR count). The van der Waals surface area contributed by atoms with E-state index in [-0.39, 0.29) is 22.4 Å². The lowest BCUT2D eigenvalue weighted by molar-refractivity contribution is 0.234. The lowest BCUT2D eigenvalue weighted by Crippen LogP contribution is -2.37. The Kier molecular flexibility index (Phi) is 8.47. The van der Waals surface area contributed by atoms with Crippen molar-refractivity contribution in [3.8, 4) is 11.5 Å². The van der Waals surface area contributed by atoms with E-state index in [9.17, 15) is 20.1 Å². The normalized spacial score (nSPS) is 12.0. The first-order valence-electron chi connectivity index (χ1n) is 8.01. The Hall–Kier alpha value is -1.21. The van der Waals surface area contributed by atoms with Crippen LogP contribution in [-0.2, 0) is 0 Å². The zero-order valence-electron chi connectivity index (χ0n) is 14.0. The van der Waals surface area contributed by atoms with E-state index in [1.807, 2.05) is 0 Å². The van der Waals surface area contributed by atoms with Crippen LogP contribution < -0.4 is 20.4 Å². The van der Waals surface area contributed by atoms with E-state index in [0.29, 0.717) is 12.5 Å². The second kappa shape index (κ2) is 9.82. The fourth-order valence-corrected chi connectivity index (χ4v) is 2.40. The van der Waals surface area contributed by atoms with E-state index in [0.717, 1.165) is 25.7 Å². The maximum Gasteiger partial charge on any atom is 0.492 e. The van der Waals surface area contributed by atoms with E-state index in [2.05, 4.69) is 13.8 Å². The highest BCUT2D eigenvalue weighted by molar-refractivity contribution is 6.62. The topological polar surface area (TPSA) is 99.4 Å². The molecule has 128 valence electrons. The van der Waals surface area contributed by atoms with Crippen LogP contribution in [0.5, 0.6) is 11.5 Å². The summed E-state index contributed by atoms with van der Waals surface area (Å²) in [4.78, 5) is 0. The summed E-state index contributed by atoms with van der Waals surface area (Å²) in [5.74, 6) is 0.746. The fraction of sp³-hybridized carbons (Fsp3) is 0.600. The SMILES string of the molecule is CCCCC(CC)COc1cc(B(O)O)c(OC)cc1B(O)O. The van der Waals surface area contributed by atoms with Gasteiger partial charge in [-0.05, 0) is 24.5 Å². The van der Waals surface area contributed by atoms with Gasteiger partial charge in [-0.2, -0.15) is 0 Å². The highest BCUT2D eigenvalue weighted by Gasteiger charge is 2.25. The van der Waals surface area contributed by atoms with Crippen molar-refractivity contribution in [2.45, 2.75) is 39.5 Å². The molecule has 0 fully saturated rings. The Bertz CT molecular complexity index is 481. The van der Waals surface area contributed by atoms with Gasteiger partial charge in [0, 0.05) is 10.9 Å². The Labute approximate surface area is 138 Å². The van der Waals surface area contributed by atoms with Gasteiger partial charge in [0.05, 0.1) is 13.7 Å². The van der Waals surface area contributed by atoms with Gasteiger partial charge in [-0.25, -0.2) is 0 Å². The molecule has 0 aliphatic rings. The van der Waals surface area contributed by atoms with E-state index in [1.165, 1.54) is 19.2 Å². The van der Waals surface area contributed by atoms with E-state index < -0.39 is 14.2 Å². The molecule has 23 heavy (non-hydrogen) atoms. The Morgan fingerprint density at radius 2 is 1.57 bits per heavy atom. The van der Waals surface area contributed by atoms with Gasteiger partial charge in [0.25, 0.3) is 0 Å². The Morgan fingerprint density at radius 1 is 1.00 bits per heavy atom. The molecule has 0 bridgehead atoms. The maximum absolute atomic E-state index is 9.51. The molecule has 1 unspecified atom stereocenters. The number of hydrogen-bond donors (Lipinski definition) is 4. The summed E-state index contributed by atoms with van der Waals surface area (Å²) in [6.07, 6.45) is 4.22. The van der Waals surface area contributed by atoms with Crippen molar-refractivity contribution in [2.24, 2.45) is 5.92 Å². The standard InChI is InChI=1S/C15H26B2O6/c1-4-6-7-11(5-2)10-23-15-9-12(16(18)19)14(22-3)8-13(15)17(20)21/h8-9,11,18-21H,4-7,10H2,1-3H3. The quantitative estimate of drug-likeness (QED) is 0.439. The third-order valence-corrected chi connectivity index (χ3v) is 3.94. The van der Waals surface area contributed by atoms with Crippen LogP contribution in [0.3, 0.4) is 0 Å². The van der Waals surface area contributed by atoms with Crippen LogP contribution in [-0.4, -0.2) is 48.0 Å².